The molecule has 0 aliphatic carbocycles. The van der Waals surface area contributed by atoms with E-state index in [-0.39, 0.29) is 24.0 Å². The van der Waals surface area contributed by atoms with Gasteiger partial charge in [0.15, 0.2) is 17.5 Å². The summed E-state index contributed by atoms with van der Waals surface area (Å²) in [5.41, 5.74) is 0.979. The van der Waals surface area contributed by atoms with Crippen LogP contribution in [0.15, 0.2) is 17.1 Å². The Hall–Kier alpha value is -1.42. The van der Waals surface area contributed by atoms with Crippen LogP contribution in [0.2, 0.25) is 0 Å². The first kappa shape index (κ1) is 25.6. The molecule has 2 rings (SSSR count). The van der Waals surface area contributed by atoms with Crippen LogP contribution in [0.5, 0.6) is 17.2 Å². The molecule has 1 aliphatic heterocycles. The zero-order chi connectivity index (χ0) is 20.2. The molecule has 1 aliphatic rings. The number of nitrogens with one attached hydrogen (secondary N) is 2. The predicted octanol–water partition coefficient (Wildman–Crippen LogP) is 3.26. The Kier molecular flexibility index (Phi) is 12.8. The molecule has 0 radical (unpaired) electrons. The van der Waals surface area contributed by atoms with E-state index in [0.717, 1.165) is 36.8 Å². The molecule has 29 heavy (non-hydrogen) atoms. The Bertz CT molecular complexity index is 620. The van der Waals surface area contributed by atoms with E-state index >= 15 is 0 Å². The Balaban J connectivity index is 0.00000420. The number of guanidine groups is 1. The average molecular weight is 520 g/mol. The molecule has 0 atom stereocenters. The third kappa shape index (κ3) is 8.46. The second-order valence-corrected chi connectivity index (χ2v) is 6.98. The van der Waals surface area contributed by atoms with E-state index in [2.05, 4.69) is 20.5 Å². The SMILES string of the molecule is CN=C(NCCCN1CCCCCC1)NCc1cc(OC)c(OC)cc1OC.I. The number of nitrogens with zero attached hydrogens (tertiary/aromatic N) is 2. The van der Waals surface area contributed by atoms with E-state index in [9.17, 15) is 0 Å². The number of hydrogen-bond donors (Lipinski definition) is 2. The van der Waals surface area contributed by atoms with Crippen LogP contribution in [0, 0.1) is 0 Å². The number of ether oxygens (including phenoxy) is 3. The van der Waals surface area contributed by atoms with Crippen LogP contribution in [-0.2, 0) is 6.54 Å². The number of hydrogen-bond acceptors (Lipinski definition) is 5. The lowest BCUT2D eigenvalue weighted by molar-refractivity contribution is 0.282. The highest BCUT2D eigenvalue weighted by molar-refractivity contribution is 14.0. The molecule has 7 nitrogen and oxygen atoms in total. The topological polar surface area (TPSA) is 67.4 Å². The summed E-state index contributed by atoms with van der Waals surface area (Å²) in [6, 6.07) is 3.77. The minimum absolute atomic E-state index is 0. The molecule has 0 amide bonds. The second-order valence-electron chi connectivity index (χ2n) is 6.98. The number of rotatable bonds is 9. The van der Waals surface area contributed by atoms with Crippen LogP contribution in [0.25, 0.3) is 0 Å². The normalized spacial score (nSPS) is 15.1. The van der Waals surface area contributed by atoms with Crippen LogP contribution >= 0.6 is 24.0 Å². The summed E-state index contributed by atoms with van der Waals surface area (Å²) >= 11 is 0. The van der Waals surface area contributed by atoms with Crippen molar-refractivity contribution in [2.24, 2.45) is 4.99 Å². The molecule has 0 unspecified atom stereocenters. The molecular weight excluding hydrogens is 483 g/mol. The lowest BCUT2D eigenvalue weighted by atomic mass is 10.1. The predicted molar refractivity (Wildman–Crippen MR) is 129 cm³/mol. The number of methoxy groups -OCH3 is 3. The van der Waals surface area contributed by atoms with Gasteiger partial charge in [-0.25, -0.2) is 0 Å². The number of aliphatic imine (C=N–C) groups is 1. The summed E-state index contributed by atoms with van der Waals surface area (Å²) in [4.78, 5) is 6.90. The first-order valence-corrected chi connectivity index (χ1v) is 10.2. The molecule has 0 saturated carbocycles. The molecule has 0 bridgehead atoms. The molecular formula is C21H37IN4O3. The smallest absolute Gasteiger partial charge is 0.191 e. The molecule has 1 aromatic rings. The third-order valence-electron chi connectivity index (χ3n) is 5.10. The highest BCUT2D eigenvalue weighted by Crippen LogP contribution is 2.34. The van der Waals surface area contributed by atoms with Crippen molar-refractivity contribution in [2.45, 2.75) is 38.6 Å². The lowest BCUT2D eigenvalue weighted by Gasteiger charge is -2.20. The van der Waals surface area contributed by atoms with Crippen LogP contribution in [0.1, 0.15) is 37.7 Å². The maximum atomic E-state index is 5.49. The molecule has 1 saturated heterocycles. The summed E-state index contributed by atoms with van der Waals surface area (Å²) in [5, 5.41) is 6.75. The van der Waals surface area contributed by atoms with Crippen molar-refractivity contribution in [2.75, 3.05) is 54.6 Å². The quantitative estimate of drug-likeness (QED) is 0.226. The summed E-state index contributed by atoms with van der Waals surface area (Å²) in [6.45, 7) is 5.11. The molecule has 1 fully saturated rings. The van der Waals surface area contributed by atoms with E-state index in [4.69, 9.17) is 14.2 Å². The van der Waals surface area contributed by atoms with Crippen LogP contribution in [-0.4, -0.2) is 65.4 Å². The lowest BCUT2D eigenvalue weighted by Crippen LogP contribution is -2.38. The van der Waals surface area contributed by atoms with Gasteiger partial charge in [-0.3, -0.25) is 4.99 Å². The van der Waals surface area contributed by atoms with Gasteiger partial charge >= 0.3 is 0 Å². The van der Waals surface area contributed by atoms with Crippen molar-refractivity contribution in [1.29, 1.82) is 0 Å². The van der Waals surface area contributed by atoms with Crippen molar-refractivity contribution in [3.05, 3.63) is 17.7 Å². The van der Waals surface area contributed by atoms with Gasteiger partial charge in [0, 0.05) is 31.8 Å². The van der Waals surface area contributed by atoms with Gasteiger partial charge < -0.3 is 29.7 Å². The van der Waals surface area contributed by atoms with E-state index in [1.165, 1.54) is 38.8 Å². The Morgan fingerprint density at radius 2 is 1.55 bits per heavy atom. The fourth-order valence-corrected chi connectivity index (χ4v) is 3.50. The average Bonchev–Trinajstić information content (AvgIpc) is 3.01. The van der Waals surface area contributed by atoms with E-state index < -0.39 is 0 Å². The first-order valence-electron chi connectivity index (χ1n) is 10.2. The molecule has 1 aromatic carbocycles. The standard InChI is InChI=1S/C21H36N4O3.HI/c1-22-21(23-10-9-13-25-11-7-5-6-8-12-25)24-16-17-14-19(27-3)20(28-4)15-18(17)26-2;/h14-15H,5-13,16H2,1-4H3,(H2,22,23,24);1H. The van der Waals surface area contributed by atoms with Gasteiger partial charge in [0.05, 0.1) is 21.3 Å². The van der Waals surface area contributed by atoms with Crippen molar-refractivity contribution in [3.8, 4) is 17.2 Å². The Morgan fingerprint density at radius 1 is 0.931 bits per heavy atom. The zero-order valence-electron chi connectivity index (χ0n) is 18.3. The number of benzene rings is 1. The maximum absolute atomic E-state index is 5.49. The van der Waals surface area contributed by atoms with Crippen molar-refractivity contribution in [1.82, 2.24) is 15.5 Å². The van der Waals surface area contributed by atoms with Gasteiger partial charge in [0.25, 0.3) is 0 Å². The maximum Gasteiger partial charge on any atom is 0.191 e. The summed E-state index contributed by atoms with van der Waals surface area (Å²) in [7, 11) is 6.69. The third-order valence-corrected chi connectivity index (χ3v) is 5.10. The van der Waals surface area contributed by atoms with Crippen LogP contribution in [0.3, 0.4) is 0 Å². The zero-order valence-corrected chi connectivity index (χ0v) is 20.6. The van der Waals surface area contributed by atoms with Crippen LogP contribution < -0.4 is 24.8 Å². The summed E-state index contributed by atoms with van der Waals surface area (Å²) < 4.78 is 16.2. The number of likely N-dealkylation sites (tertiary alicyclic amines) is 1. The fraction of sp³-hybridized carbons (Fsp3) is 0.667. The fourth-order valence-electron chi connectivity index (χ4n) is 3.50. The van der Waals surface area contributed by atoms with Gasteiger partial charge in [-0.1, -0.05) is 12.8 Å². The highest BCUT2D eigenvalue weighted by atomic mass is 127. The van der Waals surface area contributed by atoms with Gasteiger partial charge in [-0.2, -0.15) is 0 Å². The van der Waals surface area contributed by atoms with Crippen LogP contribution in [0.4, 0.5) is 0 Å². The second kappa shape index (κ2) is 14.5. The van der Waals surface area contributed by atoms with E-state index in [1.54, 1.807) is 28.4 Å². The van der Waals surface area contributed by atoms with Gasteiger partial charge in [-0.05, 0) is 45.0 Å². The van der Waals surface area contributed by atoms with E-state index in [1.807, 2.05) is 12.1 Å². The minimum Gasteiger partial charge on any atom is -0.496 e. The van der Waals surface area contributed by atoms with Crippen molar-refractivity contribution >= 4 is 29.9 Å². The summed E-state index contributed by atoms with van der Waals surface area (Å²) in [5.74, 6) is 2.87. The Labute approximate surface area is 192 Å². The van der Waals surface area contributed by atoms with Crippen molar-refractivity contribution < 1.29 is 14.2 Å². The van der Waals surface area contributed by atoms with E-state index in [0.29, 0.717) is 18.0 Å². The summed E-state index contributed by atoms with van der Waals surface area (Å²) in [6.07, 6.45) is 6.55. The molecule has 2 N–H and O–H groups in total. The monoisotopic (exact) mass is 520 g/mol. The minimum atomic E-state index is 0. The molecule has 0 aromatic heterocycles. The molecule has 166 valence electrons. The van der Waals surface area contributed by atoms with Gasteiger partial charge in [-0.15, -0.1) is 24.0 Å². The molecule has 0 spiro atoms. The highest BCUT2D eigenvalue weighted by Gasteiger charge is 2.12. The molecule has 8 heteroatoms. The van der Waals surface area contributed by atoms with Gasteiger partial charge in [0.2, 0.25) is 0 Å². The first-order chi connectivity index (χ1) is 13.7. The largest absolute Gasteiger partial charge is 0.496 e. The Morgan fingerprint density at radius 3 is 2.14 bits per heavy atom. The van der Waals surface area contributed by atoms with Gasteiger partial charge in [0.1, 0.15) is 5.75 Å². The molecule has 1 heterocycles. The van der Waals surface area contributed by atoms with Crippen molar-refractivity contribution in [3.63, 3.8) is 0 Å². The number of halogens is 1.